The van der Waals surface area contributed by atoms with E-state index in [1.165, 1.54) is 6.92 Å². The van der Waals surface area contributed by atoms with Crippen molar-refractivity contribution in [2.75, 3.05) is 6.54 Å². The average molecular weight is 341 g/mol. The molecular weight excluding hydrogens is 318 g/mol. The van der Waals surface area contributed by atoms with Crippen molar-refractivity contribution in [2.24, 2.45) is 7.05 Å². The minimum absolute atomic E-state index is 0.0359. The maximum Gasteiger partial charge on any atom is 0.231 e. The molecule has 0 bridgehead atoms. The quantitative estimate of drug-likeness (QED) is 0.909. The third-order valence-corrected chi connectivity index (χ3v) is 4.88. The Hall–Kier alpha value is -2.70. The van der Waals surface area contributed by atoms with E-state index < -0.39 is 5.92 Å². The SMILES string of the molecule is CC(=O)N1Cc2cccnc2C(C(=O)NCc2c(C)nn(C)c2C)C1. The number of aryl methyl sites for hydroxylation is 2. The zero-order chi connectivity index (χ0) is 18.1. The second kappa shape index (κ2) is 6.66. The molecule has 1 aliphatic heterocycles. The van der Waals surface area contributed by atoms with E-state index in [4.69, 9.17) is 0 Å². The molecule has 0 fully saturated rings. The Labute approximate surface area is 147 Å². The van der Waals surface area contributed by atoms with Crippen molar-refractivity contribution in [3.63, 3.8) is 0 Å². The number of hydrogen-bond acceptors (Lipinski definition) is 4. The lowest BCUT2D eigenvalue weighted by atomic mass is 9.93. The zero-order valence-electron chi connectivity index (χ0n) is 15.0. The summed E-state index contributed by atoms with van der Waals surface area (Å²) >= 11 is 0. The molecule has 1 atom stereocenters. The lowest BCUT2D eigenvalue weighted by molar-refractivity contribution is -0.131. The van der Waals surface area contributed by atoms with Gasteiger partial charge in [-0.2, -0.15) is 5.10 Å². The summed E-state index contributed by atoms with van der Waals surface area (Å²) in [5, 5.41) is 7.37. The summed E-state index contributed by atoms with van der Waals surface area (Å²) < 4.78 is 1.81. The summed E-state index contributed by atoms with van der Waals surface area (Å²) in [5.41, 5.74) is 4.66. The van der Waals surface area contributed by atoms with Crippen molar-refractivity contribution >= 4 is 11.8 Å². The molecule has 7 nitrogen and oxygen atoms in total. The molecule has 3 rings (SSSR count). The van der Waals surface area contributed by atoms with Gasteiger partial charge in [0, 0.05) is 51.1 Å². The average Bonchev–Trinajstić information content (AvgIpc) is 2.83. The van der Waals surface area contributed by atoms with Gasteiger partial charge in [-0.25, -0.2) is 0 Å². The van der Waals surface area contributed by atoms with Gasteiger partial charge >= 0.3 is 0 Å². The Balaban J connectivity index is 1.80. The zero-order valence-corrected chi connectivity index (χ0v) is 15.0. The molecule has 2 aromatic rings. The van der Waals surface area contributed by atoms with Gasteiger partial charge in [0.1, 0.15) is 0 Å². The maximum absolute atomic E-state index is 12.8. The van der Waals surface area contributed by atoms with Crippen LogP contribution in [0.4, 0.5) is 0 Å². The summed E-state index contributed by atoms with van der Waals surface area (Å²) in [6.07, 6.45) is 1.69. The predicted octanol–water partition coefficient (Wildman–Crippen LogP) is 1.19. The van der Waals surface area contributed by atoms with Gasteiger partial charge in [0.25, 0.3) is 0 Å². The molecule has 1 aliphatic rings. The molecule has 25 heavy (non-hydrogen) atoms. The van der Waals surface area contributed by atoms with Crippen LogP contribution in [-0.4, -0.2) is 38.0 Å². The van der Waals surface area contributed by atoms with Crippen LogP contribution in [0.3, 0.4) is 0 Å². The number of amides is 2. The molecule has 0 saturated carbocycles. The van der Waals surface area contributed by atoms with E-state index >= 15 is 0 Å². The number of nitrogens with one attached hydrogen (secondary N) is 1. The lowest BCUT2D eigenvalue weighted by Gasteiger charge is -2.32. The lowest BCUT2D eigenvalue weighted by Crippen LogP contribution is -2.43. The third-order valence-electron chi connectivity index (χ3n) is 4.88. The largest absolute Gasteiger partial charge is 0.351 e. The van der Waals surface area contributed by atoms with Crippen molar-refractivity contribution in [2.45, 2.75) is 39.8 Å². The number of rotatable bonds is 3. The Morgan fingerprint density at radius 3 is 2.76 bits per heavy atom. The molecule has 132 valence electrons. The molecule has 7 heteroatoms. The van der Waals surface area contributed by atoms with E-state index in [9.17, 15) is 9.59 Å². The van der Waals surface area contributed by atoms with Crippen LogP contribution in [0.25, 0.3) is 0 Å². The van der Waals surface area contributed by atoms with Crippen molar-refractivity contribution in [1.82, 2.24) is 25.0 Å². The first-order chi connectivity index (χ1) is 11.9. The smallest absolute Gasteiger partial charge is 0.231 e. The Kier molecular flexibility index (Phi) is 4.57. The van der Waals surface area contributed by atoms with Crippen LogP contribution in [-0.2, 0) is 29.7 Å². The van der Waals surface area contributed by atoms with Crippen LogP contribution in [0, 0.1) is 13.8 Å². The molecule has 0 saturated heterocycles. The van der Waals surface area contributed by atoms with Gasteiger partial charge in [0.15, 0.2) is 0 Å². The van der Waals surface area contributed by atoms with Crippen LogP contribution in [0.2, 0.25) is 0 Å². The monoisotopic (exact) mass is 341 g/mol. The fraction of sp³-hybridized carbons (Fsp3) is 0.444. The van der Waals surface area contributed by atoms with Gasteiger partial charge in [-0.3, -0.25) is 19.3 Å². The molecule has 2 amide bonds. The minimum Gasteiger partial charge on any atom is -0.351 e. The molecule has 0 spiro atoms. The van der Waals surface area contributed by atoms with E-state index in [0.717, 1.165) is 28.2 Å². The summed E-state index contributed by atoms with van der Waals surface area (Å²) in [6, 6.07) is 3.76. The summed E-state index contributed by atoms with van der Waals surface area (Å²) in [5.74, 6) is -0.606. The highest BCUT2D eigenvalue weighted by atomic mass is 16.2. The maximum atomic E-state index is 12.8. The number of nitrogens with zero attached hydrogens (tertiary/aromatic N) is 4. The molecule has 2 aromatic heterocycles. The molecule has 3 heterocycles. The predicted molar refractivity (Wildman–Crippen MR) is 92.6 cm³/mol. The van der Waals surface area contributed by atoms with Crippen LogP contribution in [0.1, 0.15) is 41.1 Å². The molecule has 1 unspecified atom stereocenters. The van der Waals surface area contributed by atoms with Crippen LogP contribution in [0.15, 0.2) is 18.3 Å². The standard InChI is InChI=1S/C18H23N5O2/c1-11-15(12(2)22(4)21-11)8-20-18(25)16-10-23(13(3)24)9-14-6-5-7-19-17(14)16/h5-7,16H,8-10H2,1-4H3,(H,20,25). The van der Waals surface area contributed by atoms with Gasteiger partial charge in [-0.1, -0.05) is 6.07 Å². The van der Waals surface area contributed by atoms with E-state index in [2.05, 4.69) is 15.4 Å². The topological polar surface area (TPSA) is 80.1 Å². The number of carbonyl (C=O) groups excluding carboxylic acids is 2. The van der Waals surface area contributed by atoms with E-state index in [1.54, 1.807) is 11.1 Å². The number of fused-ring (bicyclic) bond motifs is 1. The van der Waals surface area contributed by atoms with Gasteiger partial charge in [-0.05, 0) is 25.5 Å². The molecule has 0 radical (unpaired) electrons. The molecule has 0 aromatic carbocycles. The van der Waals surface area contributed by atoms with Crippen LogP contribution >= 0.6 is 0 Å². The van der Waals surface area contributed by atoms with E-state index in [1.807, 2.05) is 37.7 Å². The first kappa shape index (κ1) is 17.1. The first-order valence-electron chi connectivity index (χ1n) is 8.34. The van der Waals surface area contributed by atoms with Crippen LogP contribution in [0.5, 0.6) is 0 Å². The summed E-state index contributed by atoms with van der Waals surface area (Å²) in [7, 11) is 1.89. The van der Waals surface area contributed by atoms with E-state index in [-0.39, 0.29) is 11.8 Å². The normalized spacial score (nSPS) is 16.5. The second-order valence-electron chi connectivity index (χ2n) is 6.49. The minimum atomic E-state index is -0.453. The fourth-order valence-electron chi connectivity index (χ4n) is 3.29. The Morgan fingerprint density at radius 2 is 2.12 bits per heavy atom. The second-order valence-corrected chi connectivity index (χ2v) is 6.49. The third kappa shape index (κ3) is 3.26. The number of hydrogen-bond donors (Lipinski definition) is 1. The van der Waals surface area contributed by atoms with Gasteiger partial charge in [0.2, 0.25) is 11.8 Å². The van der Waals surface area contributed by atoms with Crippen molar-refractivity contribution in [3.05, 3.63) is 46.5 Å². The van der Waals surface area contributed by atoms with Gasteiger partial charge in [-0.15, -0.1) is 0 Å². The van der Waals surface area contributed by atoms with E-state index in [0.29, 0.717) is 19.6 Å². The Bertz CT molecular complexity index is 827. The highest BCUT2D eigenvalue weighted by Crippen LogP contribution is 2.27. The number of carbonyl (C=O) groups is 2. The number of pyridine rings is 1. The van der Waals surface area contributed by atoms with Crippen molar-refractivity contribution in [1.29, 1.82) is 0 Å². The highest BCUT2D eigenvalue weighted by Gasteiger charge is 2.32. The fourth-order valence-corrected chi connectivity index (χ4v) is 3.29. The Morgan fingerprint density at radius 1 is 1.36 bits per heavy atom. The van der Waals surface area contributed by atoms with Gasteiger partial charge < -0.3 is 10.2 Å². The van der Waals surface area contributed by atoms with Crippen molar-refractivity contribution in [3.8, 4) is 0 Å². The molecular formula is C18H23N5O2. The molecule has 1 N–H and O–H groups in total. The first-order valence-corrected chi connectivity index (χ1v) is 8.34. The highest BCUT2D eigenvalue weighted by molar-refractivity contribution is 5.85. The van der Waals surface area contributed by atoms with Crippen molar-refractivity contribution < 1.29 is 9.59 Å². The number of aromatic nitrogens is 3. The summed E-state index contributed by atoms with van der Waals surface area (Å²) in [6.45, 7) is 6.72. The molecule has 0 aliphatic carbocycles. The van der Waals surface area contributed by atoms with Crippen LogP contribution < -0.4 is 5.32 Å². The van der Waals surface area contributed by atoms with Gasteiger partial charge in [0.05, 0.1) is 17.3 Å². The summed E-state index contributed by atoms with van der Waals surface area (Å²) in [4.78, 5) is 30.7.